The van der Waals surface area contributed by atoms with Crippen LogP contribution in [-0.2, 0) is 27.1 Å². The molecule has 3 N–H and O–H groups in total. The molecule has 3 amide bonds. The number of alkyl halides is 3. The van der Waals surface area contributed by atoms with Crippen LogP contribution in [0.15, 0.2) is 108 Å². The van der Waals surface area contributed by atoms with E-state index in [0.29, 0.717) is 52.9 Å². The first-order valence-electron chi connectivity index (χ1n) is 16.8. The molecule has 4 aromatic carbocycles. The number of fused-ring (bicyclic) bond motifs is 1. The van der Waals surface area contributed by atoms with Crippen molar-refractivity contribution < 1.29 is 27.6 Å². The molecule has 5 rings (SSSR count). The molecule has 1 aliphatic heterocycles. The number of anilines is 1. The van der Waals surface area contributed by atoms with Crippen LogP contribution in [0, 0.1) is 17.8 Å². The first-order chi connectivity index (χ1) is 23.9. The zero-order chi connectivity index (χ0) is 36.0. The third-order valence-corrected chi connectivity index (χ3v) is 8.86. The minimum absolute atomic E-state index is 0.0790. The number of para-hydroxylation sites is 1. The lowest BCUT2D eigenvalue weighted by Crippen LogP contribution is -2.50. The lowest BCUT2D eigenvalue weighted by atomic mass is 9.81. The molecular weight excluding hydrogens is 641 g/mol. The van der Waals surface area contributed by atoms with Crippen molar-refractivity contribution in [3.05, 3.63) is 125 Å². The van der Waals surface area contributed by atoms with E-state index in [4.69, 9.17) is 10.7 Å². The Balaban J connectivity index is 1.55. The van der Waals surface area contributed by atoms with E-state index in [9.17, 15) is 27.6 Å². The number of nitrogens with one attached hydrogen (secondary N) is 1. The number of amides is 3. The summed E-state index contributed by atoms with van der Waals surface area (Å²) in [5.74, 6) is -2.89. The summed E-state index contributed by atoms with van der Waals surface area (Å²) in [6.45, 7) is 5.93. The van der Waals surface area contributed by atoms with Crippen LogP contribution in [0.4, 0.5) is 18.9 Å². The van der Waals surface area contributed by atoms with Gasteiger partial charge in [-0.3, -0.25) is 14.4 Å². The van der Waals surface area contributed by atoms with Crippen LogP contribution < -0.4 is 16.0 Å². The zero-order valence-corrected chi connectivity index (χ0v) is 28.3. The average molecular weight is 683 g/mol. The molecule has 50 heavy (non-hydrogen) atoms. The van der Waals surface area contributed by atoms with Gasteiger partial charge in [0.1, 0.15) is 0 Å². The Bertz CT molecular complexity index is 1860. The van der Waals surface area contributed by atoms with Gasteiger partial charge < -0.3 is 16.0 Å². The highest BCUT2D eigenvalue weighted by Crippen LogP contribution is 2.33. The summed E-state index contributed by atoms with van der Waals surface area (Å²) in [5.41, 5.74) is 9.58. The number of benzodiazepines with no additional fused rings is 1. The van der Waals surface area contributed by atoms with Crippen molar-refractivity contribution in [1.82, 2.24) is 5.32 Å². The minimum Gasteiger partial charge on any atom is -0.369 e. The molecule has 0 bridgehead atoms. The summed E-state index contributed by atoms with van der Waals surface area (Å²) in [6, 6.07) is 28.9. The van der Waals surface area contributed by atoms with Crippen molar-refractivity contribution >= 4 is 29.1 Å². The van der Waals surface area contributed by atoms with Gasteiger partial charge in [-0.25, -0.2) is 4.99 Å². The molecule has 0 radical (unpaired) electrons. The van der Waals surface area contributed by atoms with E-state index in [1.165, 1.54) is 12.1 Å². The highest BCUT2D eigenvalue weighted by Gasteiger charge is 2.38. The molecule has 4 aromatic rings. The standard InChI is InChI=1S/C40H41F3N4O3/c1-4-11-31(36(44)48)33(22-25(2)3)38(49)46-37-39(50)47(34-17-9-8-16-32(34)35(45-37)28-13-6-5-7-14-28)24-26-12-10-15-29(23-26)27-18-20-30(21-19-27)40(41,42)43/h5-10,12-21,23,25,31,33,37H,4,11,22,24H2,1-3H3,(H2,44,48)(H,46,49). The molecule has 0 aliphatic carbocycles. The van der Waals surface area contributed by atoms with E-state index in [0.717, 1.165) is 17.7 Å². The van der Waals surface area contributed by atoms with E-state index < -0.39 is 47.5 Å². The van der Waals surface area contributed by atoms with Gasteiger partial charge in [0.05, 0.1) is 23.5 Å². The van der Waals surface area contributed by atoms with Crippen LogP contribution in [-0.4, -0.2) is 29.6 Å². The highest BCUT2D eigenvalue weighted by molar-refractivity contribution is 6.20. The molecule has 0 saturated carbocycles. The first kappa shape index (κ1) is 36.0. The number of hydrogen-bond donors (Lipinski definition) is 2. The summed E-state index contributed by atoms with van der Waals surface area (Å²) in [6.07, 6.45) is -4.28. The molecular formula is C40H41F3N4O3. The van der Waals surface area contributed by atoms with Gasteiger partial charge in [-0.2, -0.15) is 13.2 Å². The van der Waals surface area contributed by atoms with Gasteiger partial charge in [-0.1, -0.05) is 106 Å². The van der Waals surface area contributed by atoms with Gasteiger partial charge >= 0.3 is 6.18 Å². The number of hydrogen-bond acceptors (Lipinski definition) is 4. The largest absolute Gasteiger partial charge is 0.416 e. The van der Waals surface area contributed by atoms with Crippen LogP contribution in [0.25, 0.3) is 11.1 Å². The molecule has 1 aliphatic rings. The first-order valence-corrected chi connectivity index (χ1v) is 16.8. The highest BCUT2D eigenvalue weighted by atomic mass is 19.4. The fourth-order valence-electron chi connectivity index (χ4n) is 6.45. The minimum atomic E-state index is -4.45. The Hall–Kier alpha value is -5.25. The Morgan fingerprint density at radius 1 is 0.860 bits per heavy atom. The van der Waals surface area contributed by atoms with E-state index in [-0.39, 0.29) is 12.5 Å². The Kier molecular flexibility index (Phi) is 11.2. The third-order valence-electron chi connectivity index (χ3n) is 8.86. The van der Waals surface area contributed by atoms with Crippen LogP contribution in [0.5, 0.6) is 0 Å². The lowest BCUT2D eigenvalue weighted by Gasteiger charge is -2.29. The van der Waals surface area contributed by atoms with Gasteiger partial charge in [0.2, 0.25) is 18.0 Å². The second kappa shape index (κ2) is 15.5. The van der Waals surface area contributed by atoms with Gasteiger partial charge in [0.15, 0.2) is 0 Å². The number of carbonyl (C=O) groups is 3. The predicted molar refractivity (Wildman–Crippen MR) is 189 cm³/mol. The Morgan fingerprint density at radius 3 is 2.16 bits per heavy atom. The topological polar surface area (TPSA) is 105 Å². The van der Waals surface area contributed by atoms with Crippen molar-refractivity contribution in [3.63, 3.8) is 0 Å². The summed E-state index contributed by atoms with van der Waals surface area (Å²) in [7, 11) is 0. The lowest BCUT2D eigenvalue weighted by molar-refractivity contribution is -0.137. The fourth-order valence-corrected chi connectivity index (χ4v) is 6.45. The van der Waals surface area contributed by atoms with E-state index in [1.54, 1.807) is 17.0 Å². The second-order valence-electron chi connectivity index (χ2n) is 13.0. The molecule has 0 fully saturated rings. The molecule has 3 atom stereocenters. The zero-order valence-electron chi connectivity index (χ0n) is 28.3. The number of aliphatic imine (C=N–C) groups is 1. The Labute approximate surface area is 290 Å². The number of primary amides is 1. The number of rotatable bonds is 12. The van der Waals surface area contributed by atoms with Crippen molar-refractivity contribution in [1.29, 1.82) is 0 Å². The maximum absolute atomic E-state index is 14.6. The number of carbonyl (C=O) groups excluding carboxylic acids is 3. The van der Waals surface area contributed by atoms with E-state index in [2.05, 4.69) is 5.32 Å². The van der Waals surface area contributed by atoms with Gasteiger partial charge in [0, 0.05) is 23.0 Å². The molecule has 1 heterocycles. The SMILES string of the molecule is CCCC(C(N)=O)C(CC(C)C)C(=O)NC1N=C(c2ccccc2)c2ccccc2N(Cc2cccc(-c3ccc(C(F)(F)F)cc3)c2)C1=O. The molecule has 0 spiro atoms. The van der Waals surface area contributed by atoms with Gasteiger partial charge in [-0.05, 0) is 59.7 Å². The second-order valence-corrected chi connectivity index (χ2v) is 13.0. The van der Waals surface area contributed by atoms with Crippen molar-refractivity contribution in [2.24, 2.45) is 28.5 Å². The maximum Gasteiger partial charge on any atom is 0.416 e. The number of nitrogens with two attached hydrogens (primary N) is 1. The van der Waals surface area contributed by atoms with Crippen LogP contribution >= 0.6 is 0 Å². The van der Waals surface area contributed by atoms with Crippen molar-refractivity contribution in [2.45, 2.75) is 58.9 Å². The molecule has 10 heteroatoms. The average Bonchev–Trinajstić information content (AvgIpc) is 3.20. The number of benzene rings is 4. The van der Waals surface area contributed by atoms with E-state index >= 15 is 0 Å². The van der Waals surface area contributed by atoms with Gasteiger partial charge in [-0.15, -0.1) is 0 Å². The third kappa shape index (κ3) is 8.30. The summed E-state index contributed by atoms with van der Waals surface area (Å²) in [5, 5.41) is 2.90. The normalized spacial score (nSPS) is 15.9. The fraction of sp³-hybridized carbons (Fsp3) is 0.300. The van der Waals surface area contributed by atoms with Crippen LogP contribution in [0.2, 0.25) is 0 Å². The van der Waals surface area contributed by atoms with E-state index in [1.807, 2.05) is 87.5 Å². The molecule has 3 unspecified atom stereocenters. The van der Waals surface area contributed by atoms with Crippen LogP contribution in [0.3, 0.4) is 0 Å². The molecule has 260 valence electrons. The maximum atomic E-state index is 14.6. The summed E-state index contributed by atoms with van der Waals surface area (Å²) >= 11 is 0. The molecule has 0 aromatic heterocycles. The number of nitrogens with zero attached hydrogens (tertiary/aromatic N) is 2. The smallest absolute Gasteiger partial charge is 0.369 e. The Morgan fingerprint density at radius 2 is 1.52 bits per heavy atom. The summed E-state index contributed by atoms with van der Waals surface area (Å²) in [4.78, 5) is 47.7. The van der Waals surface area contributed by atoms with Crippen molar-refractivity contribution in [2.75, 3.05) is 4.90 Å². The molecule has 0 saturated heterocycles. The quantitative estimate of drug-likeness (QED) is 0.160. The van der Waals surface area contributed by atoms with Crippen molar-refractivity contribution in [3.8, 4) is 11.1 Å². The number of halogens is 3. The van der Waals surface area contributed by atoms with Gasteiger partial charge in [0.25, 0.3) is 5.91 Å². The van der Waals surface area contributed by atoms with Crippen LogP contribution in [0.1, 0.15) is 62.3 Å². The molecule has 7 nitrogen and oxygen atoms in total. The predicted octanol–water partition coefficient (Wildman–Crippen LogP) is 7.76. The monoisotopic (exact) mass is 682 g/mol. The summed E-state index contributed by atoms with van der Waals surface area (Å²) < 4.78 is 39.6.